The van der Waals surface area contributed by atoms with Crippen molar-refractivity contribution < 1.29 is 0 Å². The molecule has 0 unspecified atom stereocenters. The molecule has 0 saturated carbocycles. The maximum atomic E-state index is 5.59. The third-order valence-corrected chi connectivity index (χ3v) is 3.39. The van der Waals surface area contributed by atoms with Crippen LogP contribution in [0.25, 0.3) is 5.65 Å². The molecule has 3 rings (SSSR count). The molecule has 0 radical (unpaired) electrons. The van der Waals surface area contributed by atoms with Gasteiger partial charge in [0.25, 0.3) is 0 Å². The van der Waals surface area contributed by atoms with Crippen LogP contribution in [0.2, 0.25) is 0 Å². The predicted molar refractivity (Wildman–Crippen MR) is 86.8 cm³/mol. The second-order valence-corrected chi connectivity index (χ2v) is 5.39. The van der Waals surface area contributed by atoms with E-state index in [1.807, 2.05) is 29.7 Å². The lowest BCUT2D eigenvalue weighted by Crippen LogP contribution is -2.08. The molecule has 0 atom stereocenters. The van der Waals surface area contributed by atoms with Gasteiger partial charge in [-0.3, -0.25) is 0 Å². The molecule has 3 aromatic heterocycles. The number of rotatable bonds is 5. The van der Waals surface area contributed by atoms with E-state index in [2.05, 4.69) is 39.5 Å². The minimum atomic E-state index is 0.585. The Balaban J connectivity index is 1.75. The van der Waals surface area contributed by atoms with Crippen molar-refractivity contribution in [1.82, 2.24) is 19.4 Å². The average molecular weight is 296 g/mol. The quantitative estimate of drug-likeness (QED) is 0.751. The minimum Gasteiger partial charge on any atom is -0.364 e. The van der Waals surface area contributed by atoms with E-state index >= 15 is 0 Å². The van der Waals surface area contributed by atoms with Gasteiger partial charge in [-0.05, 0) is 32.0 Å². The number of pyridine rings is 1. The summed E-state index contributed by atoms with van der Waals surface area (Å²) in [5.74, 6) is 1.56. The van der Waals surface area contributed by atoms with Crippen LogP contribution < -0.4 is 11.1 Å². The summed E-state index contributed by atoms with van der Waals surface area (Å²) < 4.78 is 2.04. The van der Waals surface area contributed by atoms with Gasteiger partial charge in [-0.2, -0.15) is 0 Å². The lowest BCUT2D eigenvalue weighted by atomic mass is 10.3. The highest BCUT2D eigenvalue weighted by Crippen LogP contribution is 2.11. The molecule has 6 nitrogen and oxygen atoms in total. The molecular formula is C16H20N6. The van der Waals surface area contributed by atoms with Crippen molar-refractivity contribution >= 4 is 11.5 Å². The molecule has 114 valence electrons. The van der Waals surface area contributed by atoms with Crippen molar-refractivity contribution in [3.63, 3.8) is 0 Å². The smallest absolute Gasteiger partial charge is 0.137 e. The maximum absolute atomic E-state index is 5.59. The summed E-state index contributed by atoms with van der Waals surface area (Å²) in [5, 5.41) is 3.31. The SMILES string of the molecule is Cc1ccc2nc(CNc3cc(CCN)nc(C)n3)cn2c1. The maximum Gasteiger partial charge on any atom is 0.137 e. The number of imidazole rings is 1. The second-order valence-electron chi connectivity index (χ2n) is 5.39. The van der Waals surface area contributed by atoms with E-state index in [0.717, 1.165) is 35.1 Å². The molecule has 0 aromatic carbocycles. The summed E-state index contributed by atoms with van der Waals surface area (Å²) in [6, 6.07) is 6.03. The third-order valence-electron chi connectivity index (χ3n) is 3.39. The first-order valence-electron chi connectivity index (χ1n) is 7.37. The first-order chi connectivity index (χ1) is 10.6. The Bertz CT molecular complexity index is 792. The van der Waals surface area contributed by atoms with E-state index in [0.29, 0.717) is 13.1 Å². The van der Waals surface area contributed by atoms with Crippen LogP contribution in [-0.4, -0.2) is 25.9 Å². The Hall–Kier alpha value is -2.47. The number of nitrogens with two attached hydrogens (primary N) is 1. The van der Waals surface area contributed by atoms with Gasteiger partial charge in [0.05, 0.1) is 12.2 Å². The van der Waals surface area contributed by atoms with Crippen LogP contribution in [0.15, 0.2) is 30.6 Å². The monoisotopic (exact) mass is 296 g/mol. The van der Waals surface area contributed by atoms with Crippen molar-refractivity contribution in [2.75, 3.05) is 11.9 Å². The van der Waals surface area contributed by atoms with Crippen LogP contribution in [0.3, 0.4) is 0 Å². The summed E-state index contributed by atoms with van der Waals surface area (Å²) in [6.45, 7) is 5.17. The Morgan fingerprint density at radius 3 is 2.77 bits per heavy atom. The standard InChI is InChI=1S/C16H20N6/c1-11-3-4-16-21-14(10-22(16)9-11)8-18-15-7-13(5-6-17)19-12(2)20-15/h3-4,7,9-10H,5-6,8,17H2,1-2H3,(H,18,19,20). The van der Waals surface area contributed by atoms with Crippen molar-refractivity contribution in [3.05, 3.63) is 53.4 Å². The third kappa shape index (κ3) is 3.23. The van der Waals surface area contributed by atoms with Crippen molar-refractivity contribution in [3.8, 4) is 0 Å². The number of hydrogen-bond donors (Lipinski definition) is 2. The van der Waals surface area contributed by atoms with Gasteiger partial charge in [0.1, 0.15) is 17.3 Å². The van der Waals surface area contributed by atoms with Gasteiger partial charge in [-0.1, -0.05) is 6.07 Å². The van der Waals surface area contributed by atoms with E-state index in [1.54, 1.807) is 0 Å². The van der Waals surface area contributed by atoms with Gasteiger partial charge in [-0.15, -0.1) is 0 Å². The van der Waals surface area contributed by atoms with Crippen molar-refractivity contribution in [2.45, 2.75) is 26.8 Å². The number of hydrogen-bond acceptors (Lipinski definition) is 5. The van der Waals surface area contributed by atoms with Crippen molar-refractivity contribution in [1.29, 1.82) is 0 Å². The van der Waals surface area contributed by atoms with E-state index < -0.39 is 0 Å². The van der Waals surface area contributed by atoms with Gasteiger partial charge in [-0.25, -0.2) is 15.0 Å². The van der Waals surface area contributed by atoms with Gasteiger partial charge < -0.3 is 15.5 Å². The number of fused-ring (bicyclic) bond motifs is 1. The number of nitrogens with zero attached hydrogens (tertiary/aromatic N) is 4. The van der Waals surface area contributed by atoms with E-state index in [9.17, 15) is 0 Å². The number of anilines is 1. The molecule has 0 fully saturated rings. The topological polar surface area (TPSA) is 81.1 Å². The Labute approximate surface area is 129 Å². The normalized spacial score (nSPS) is 11.0. The fraction of sp³-hybridized carbons (Fsp3) is 0.312. The molecule has 0 amide bonds. The molecule has 0 spiro atoms. The first-order valence-corrected chi connectivity index (χ1v) is 7.37. The zero-order chi connectivity index (χ0) is 15.5. The Morgan fingerprint density at radius 1 is 1.09 bits per heavy atom. The average Bonchev–Trinajstić information content (AvgIpc) is 2.87. The van der Waals surface area contributed by atoms with Crippen LogP contribution >= 0.6 is 0 Å². The minimum absolute atomic E-state index is 0.585. The number of aryl methyl sites for hydroxylation is 2. The lowest BCUT2D eigenvalue weighted by molar-refractivity contribution is 0.885. The van der Waals surface area contributed by atoms with Gasteiger partial charge in [0, 0.05) is 30.6 Å². The second kappa shape index (κ2) is 6.11. The molecule has 0 aliphatic heterocycles. The van der Waals surface area contributed by atoms with Crippen LogP contribution in [0.5, 0.6) is 0 Å². The van der Waals surface area contributed by atoms with E-state index in [4.69, 9.17) is 5.73 Å². The van der Waals surface area contributed by atoms with Crippen LogP contribution in [0.1, 0.15) is 22.8 Å². The molecule has 6 heteroatoms. The van der Waals surface area contributed by atoms with Crippen LogP contribution in [-0.2, 0) is 13.0 Å². The Morgan fingerprint density at radius 2 is 1.95 bits per heavy atom. The highest BCUT2D eigenvalue weighted by Gasteiger charge is 2.04. The summed E-state index contributed by atoms with van der Waals surface area (Å²) in [5.41, 5.74) is 9.68. The van der Waals surface area contributed by atoms with Crippen LogP contribution in [0.4, 0.5) is 5.82 Å². The highest BCUT2D eigenvalue weighted by atomic mass is 15.1. The Kier molecular flexibility index (Phi) is 4.02. The predicted octanol–water partition coefficient (Wildman–Crippen LogP) is 1.85. The molecule has 0 aliphatic rings. The number of aromatic nitrogens is 4. The summed E-state index contributed by atoms with van der Waals surface area (Å²) in [4.78, 5) is 13.4. The van der Waals surface area contributed by atoms with Crippen LogP contribution in [0, 0.1) is 13.8 Å². The number of nitrogens with one attached hydrogen (secondary N) is 1. The molecular weight excluding hydrogens is 276 g/mol. The molecule has 3 heterocycles. The largest absolute Gasteiger partial charge is 0.364 e. The molecule has 0 bridgehead atoms. The van der Waals surface area contributed by atoms with Crippen molar-refractivity contribution in [2.24, 2.45) is 5.73 Å². The van der Waals surface area contributed by atoms with E-state index in [1.165, 1.54) is 5.56 Å². The fourth-order valence-corrected chi connectivity index (χ4v) is 2.42. The summed E-state index contributed by atoms with van der Waals surface area (Å²) in [6.07, 6.45) is 4.86. The molecule has 22 heavy (non-hydrogen) atoms. The summed E-state index contributed by atoms with van der Waals surface area (Å²) >= 11 is 0. The molecule has 3 aromatic rings. The molecule has 3 N–H and O–H groups in total. The zero-order valence-corrected chi connectivity index (χ0v) is 12.9. The highest BCUT2D eigenvalue weighted by molar-refractivity contribution is 5.42. The first kappa shape index (κ1) is 14.5. The van der Waals surface area contributed by atoms with Gasteiger partial charge in [0.15, 0.2) is 0 Å². The summed E-state index contributed by atoms with van der Waals surface area (Å²) in [7, 11) is 0. The van der Waals surface area contributed by atoms with Gasteiger partial charge >= 0.3 is 0 Å². The van der Waals surface area contributed by atoms with Gasteiger partial charge in [0.2, 0.25) is 0 Å². The fourth-order valence-electron chi connectivity index (χ4n) is 2.42. The molecule has 0 saturated heterocycles. The lowest BCUT2D eigenvalue weighted by Gasteiger charge is -2.06. The zero-order valence-electron chi connectivity index (χ0n) is 12.9. The molecule has 0 aliphatic carbocycles. The van der Waals surface area contributed by atoms with E-state index in [-0.39, 0.29) is 0 Å².